The lowest BCUT2D eigenvalue weighted by Gasteiger charge is -2.31. The number of hydrogen-bond acceptors (Lipinski definition) is 3. The Morgan fingerprint density at radius 1 is 1.22 bits per heavy atom. The van der Waals surface area contributed by atoms with Gasteiger partial charge in [0.2, 0.25) is 11.8 Å². The van der Waals surface area contributed by atoms with Crippen LogP contribution in [0, 0.1) is 5.92 Å². The quantitative estimate of drug-likeness (QED) is 0.757. The number of nitrogens with one attached hydrogen (secondary N) is 1. The Morgan fingerprint density at radius 3 is 2.61 bits per heavy atom. The number of carbonyl (C=O) groups excluding carboxylic acids is 2. The van der Waals surface area contributed by atoms with E-state index in [1.54, 1.807) is 23.9 Å². The van der Waals surface area contributed by atoms with Gasteiger partial charge in [0.1, 0.15) is 6.04 Å². The predicted molar refractivity (Wildman–Crippen MR) is 69.0 cm³/mol. The molecule has 2 heterocycles. The number of likely N-dealkylation sites (tertiary alicyclic amines) is 1. The zero-order valence-corrected chi connectivity index (χ0v) is 11.3. The average Bonchev–Trinajstić information content (AvgIpc) is 2.87. The molecule has 5 nitrogen and oxygen atoms in total. The van der Waals surface area contributed by atoms with Crippen molar-refractivity contribution in [2.45, 2.75) is 31.7 Å². The Labute approximate surface area is 108 Å². The number of hydrogen-bond donors (Lipinski definition) is 1. The van der Waals surface area contributed by atoms with E-state index in [9.17, 15) is 9.59 Å². The Hall–Kier alpha value is -1.10. The van der Waals surface area contributed by atoms with Crippen LogP contribution in [0.1, 0.15) is 25.7 Å². The van der Waals surface area contributed by atoms with Gasteiger partial charge >= 0.3 is 0 Å². The lowest BCUT2D eigenvalue weighted by atomic mass is 9.97. The molecule has 18 heavy (non-hydrogen) atoms. The van der Waals surface area contributed by atoms with Gasteiger partial charge in [0.15, 0.2) is 0 Å². The van der Waals surface area contributed by atoms with Gasteiger partial charge < -0.3 is 15.1 Å². The third-order valence-corrected chi connectivity index (χ3v) is 3.91. The second-order valence-corrected chi connectivity index (χ2v) is 5.47. The number of rotatable bonds is 2. The minimum atomic E-state index is -0.227. The van der Waals surface area contributed by atoms with Gasteiger partial charge in [-0.05, 0) is 32.2 Å². The summed E-state index contributed by atoms with van der Waals surface area (Å²) in [5.41, 5.74) is 0. The molecule has 5 heteroatoms. The van der Waals surface area contributed by atoms with Crippen LogP contribution in [0.3, 0.4) is 0 Å². The van der Waals surface area contributed by atoms with Gasteiger partial charge in [0, 0.05) is 27.2 Å². The smallest absolute Gasteiger partial charge is 0.244 e. The van der Waals surface area contributed by atoms with Crippen molar-refractivity contribution in [3.8, 4) is 0 Å². The lowest BCUT2D eigenvalue weighted by Crippen LogP contribution is -2.49. The van der Waals surface area contributed by atoms with Gasteiger partial charge in [-0.1, -0.05) is 0 Å². The SMILES string of the molecule is CN(C)C(=O)C1CCCN1C(=O)[C@H]1CCCNC1. The molecule has 2 rings (SSSR count). The molecule has 0 bridgehead atoms. The summed E-state index contributed by atoms with van der Waals surface area (Å²) >= 11 is 0. The van der Waals surface area contributed by atoms with E-state index < -0.39 is 0 Å². The second kappa shape index (κ2) is 5.69. The van der Waals surface area contributed by atoms with Crippen LogP contribution in [-0.4, -0.2) is 61.4 Å². The molecule has 1 N–H and O–H groups in total. The van der Waals surface area contributed by atoms with Crippen molar-refractivity contribution >= 4 is 11.8 Å². The minimum Gasteiger partial charge on any atom is -0.347 e. The van der Waals surface area contributed by atoms with E-state index in [4.69, 9.17) is 0 Å². The Morgan fingerprint density at radius 2 is 2.00 bits per heavy atom. The zero-order chi connectivity index (χ0) is 13.1. The average molecular weight is 253 g/mol. The van der Waals surface area contributed by atoms with Crippen LogP contribution in [0.15, 0.2) is 0 Å². The van der Waals surface area contributed by atoms with Gasteiger partial charge in [0.05, 0.1) is 5.92 Å². The predicted octanol–water partition coefficient (Wildman–Crippen LogP) is 0.0652. The molecule has 2 atom stereocenters. The van der Waals surface area contributed by atoms with E-state index in [0.29, 0.717) is 0 Å². The number of nitrogens with zero attached hydrogens (tertiary/aromatic N) is 2. The summed E-state index contributed by atoms with van der Waals surface area (Å²) < 4.78 is 0. The summed E-state index contributed by atoms with van der Waals surface area (Å²) in [5, 5.41) is 3.26. The molecule has 0 spiro atoms. The van der Waals surface area contributed by atoms with Crippen LogP contribution in [0.4, 0.5) is 0 Å². The highest BCUT2D eigenvalue weighted by Gasteiger charge is 2.37. The van der Waals surface area contributed by atoms with E-state index in [-0.39, 0.29) is 23.8 Å². The van der Waals surface area contributed by atoms with Gasteiger partial charge in [-0.3, -0.25) is 9.59 Å². The highest BCUT2D eigenvalue weighted by atomic mass is 16.2. The van der Waals surface area contributed by atoms with Crippen molar-refractivity contribution in [3.63, 3.8) is 0 Å². The van der Waals surface area contributed by atoms with Crippen LogP contribution < -0.4 is 5.32 Å². The molecule has 1 unspecified atom stereocenters. The van der Waals surface area contributed by atoms with Crippen LogP contribution in [0.25, 0.3) is 0 Å². The minimum absolute atomic E-state index is 0.0598. The molecule has 0 radical (unpaired) electrons. The van der Waals surface area contributed by atoms with Crippen molar-refractivity contribution in [3.05, 3.63) is 0 Å². The molecule has 0 saturated carbocycles. The fourth-order valence-corrected chi connectivity index (χ4v) is 2.88. The van der Waals surface area contributed by atoms with Gasteiger partial charge in [-0.2, -0.15) is 0 Å². The fraction of sp³-hybridized carbons (Fsp3) is 0.846. The van der Waals surface area contributed by atoms with E-state index in [1.807, 2.05) is 0 Å². The third-order valence-electron chi connectivity index (χ3n) is 3.91. The first kappa shape index (κ1) is 13.3. The highest BCUT2D eigenvalue weighted by Crippen LogP contribution is 2.23. The molecular weight excluding hydrogens is 230 g/mol. The molecule has 102 valence electrons. The molecule has 0 aromatic carbocycles. The summed E-state index contributed by atoms with van der Waals surface area (Å²) in [7, 11) is 3.51. The van der Waals surface area contributed by atoms with Crippen LogP contribution >= 0.6 is 0 Å². The second-order valence-electron chi connectivity index (χ2n) is 5.47. The standard InChI is InChI=1S/C13H23N3O2/c1-15(2)13(18)11-6-4-8-16(11)12(17)10-5-3-7-14-9-10/h10-11,14H,3-9H2,1-2H3/t10-,11?/m0/s1. The van der Waals surface area contributed by atoms with Crippen molar-refractivity contribution in [1.29, 1.82) is 0 Å². The highest BCUT2D eigenvalue weighted by molar-refractivity contribution is 5.89. The molecule has 0 aliphatic carbocycles. The molecule has 2 amide bonds. The molecular formula is C13H23N3O2. The summed E-state index contributed by atoms with van der Waals surface area (Å²) in [6.45, 7) is 2.50. The number of likely N-dealkylation sites (N-methyl/N-ethyl adjacent to an activating group) is 1. The van der Waals surface area contributed by atoms with Crippen LogP contribution in [-0.2, 0) is 9.59 Å². The Balaban J connectivity index is 2.01. The monoisotopic (exact) mass is 253 g/mol. The first-order valence-corrected chi connectivity index (χ1v) is 6.83. The van der Waals surface area contributed by atoms with E-state index in [0.717, 1.165) is 45.3 Å². The lowest BCUT2D eigenvalue weighted by molar-refractivity contribution is -0.145. The first-order chi connectivity index (χ1) is 8.61. The van der Waals surface area contributed by atoms with Crippen molar-refractivity contribution in [2.75, 3.05) is 33.7 Å². The number of piperidine rings is 1. The molecule has 2 aliphatic heterocycles. The summed E-state index contributed by atoms with van der Waals surface area (Å²) in [5.74, 6) is 0.291. The molecule has 0 aromatic heterocycles. The maximum atomic E-state index is 12.5. The number of amides is 2. The summed E-state index contributed by atoms with van der Waals surface area (Å²) in [6.07, 6.45) is 3.75. The third kappa shape index (κ3) is 2.66. The summed E-state index contributed by atoms with van der Waals surface area (Å²) in [6, 6.07) is -0.227. The van der Waals surface area contributed by atoms with Crippen molar-refractivity contribution in [2.24, 2.45) is 5.92 Å². The first-order valence-electron chi connectivity index (χ1n) is 6.83. The van der Waals surface area contributed by atoms with E-state index >= 15 is 0 Å². The molecule has 2 fully saturated rings. The van der Waals surface area contributed by atoms with Gasteiger partial charge in [-0.15, -0.1) is 0 Å². The molecule has 2 saturated heterocycles. The van der Waals surface area contributed by atoms with Crippen molar-refractivity contribution in [1.82, 2.24) is 15.1 Å². The van der Waals surface area contributed by atoms with Crippen LogP contribution in [0.5, 0.6) is 0 Å². The van der Waals surface area contributed by atoms with Crippen LogP contribution in [0.2, 0.25) is 0 Å². The van der Waals surface area contributed by atoms with E-state index in [1.165, 1.54) is 0 Å². The van der Waals surface area contributed by atoms with Crippen molar-refractivity contribution < 1.29 is 9.59 Å². The maximum absolute atomic E-state index is 12.5. The largest absolute Gasteiger partial charge is 0.347 e. The normalized spacial score (nSPS) is 28.2. The number of carbonyl (C=O) groups is 2. The van der Waals surface area contributed by atoms with E-state index in [2.05, 4.69) is 5.32 Å². The fourth-order valence-electron chi connectivity index (χ4n) is 2.88. The zero-order valence-electron chi connectivity index (χ0n) is 11.3. The Kier molecular flexibility index (Phi) is 4.22. The topological polar surface area (TPSA) is 52.7 Å². The molecule has 0 aromatic rings. The van der Waals surface area contributed by atoms with Gasteiger partial charge in [-0.25, -0.2) is 0 Å². The Bertz CT molecular complexity index is 324. The summed E-state index contributed by atoms with van der Waals surface area (Å²) in [4.78, 5) is 27.9. The molecule has 2 aliphatic rings. The van der Waals surface area contributed by atoms with Gasteiger partial charge in [0.25, 0.3) is 0 Å². The maximum Gasteiger partial charge on any atom is 0.244 e.